The van der Waals surface area contributed by atoms with Crippen molar-refractivity contribution < 1.29 is 14.4 Å². The van der Waals surface area contributed by atoms with Gasteiger partial charge in [0.05, 0.1) is 12.2 Å². The first-order chi connectivity index (χ1) is 5.06. The van der Waals surface area contributed by atoms with Gasteiger partial charge in [-0.3, -0.25) is 4.79 Å². The molecule has 0 aromatic rings. The van der Waals surface area contributed by atoms with Crippen LogP contribution in [0.1, 0.15) is 26.7 Å². The highest BCUT2D eigenvalue weighted by molar-refractivity contribution is 7.09. The molecule has 0 saturated heterocycles. The highest BCUT2D eigenvalue weighted by Crippen LogP contribution is 2.10. The van der Waals surface area contributed by atoms with E-state index in [1.807, 2.05) is 0 Å². The van der Waals surface area contributed by atoms with Crippen molar-refractivity contribution in [2.75, 3.05) is 0 Å². The Balaban J connectivity index is 3.66. The first-order valence-electron chi connectivity index (χ1n) is 3.59. The van der Waals surface area contributed by atoms with Crippen molar-refractivity contribution in [3.05, 3.63) is 0 Å². The van der Waals surface area contributed by atoms with E-state index in [-0.39, 0.29) is 11.9 Å². The van der Waals surface area contributed by atoms with E-state index in [2.05, 4.69) is 9.47 Å². The Morgan fingerprint density at radius 2 is 2.27 bits per heavy atom. The maximum Gasteiger partial charge on any atom is 0.132 e. The van der Waals surface area contributed by atoms with Crippen molar-refractivity contribution in [1.82, 2.24) is 0 Å². The molecule has 0 rings (SSSR count). The number of hydrogen-bond acceptors (Lipinski definition) is 3. The number of ketones is 1. The Labute approximate surface area is 69.4 Å². The number of Topliss-reactive ketones (excluding diaryl/α,β-unsaturated/α-hetero) is 1. The van der Waals surface area contributed by atoms with Crippen LogP contribution in [0.3, 0.4) is 0 Å². The average Bonchev–Trinajstić information content (AvgIpc) is 1.84. The molecule has 0 bridgehead atoms. The normalized spacial score (nSPS) is 16.0. The number of hydrogen-bond donors (Lipinski definition) is 1. The zero-order valence-electron chi connectivity index (χ0n) is 6.91. The minimum absolute atomic E-state index is 0.0816. The van der Waals surface area contributed by atoms with Crippen LogP contribution in [0.2, 0.25) is 0 Å². The monoisotopic (exact) mass is 178 g/mol. The third kappa shape index (κ3) is 6.42. The van der Waals surface area contributed by atoms with Crippen LogP contribution in [-0.4, -0.2) is 23.1 Å². The molecule has 0 aliphatic carbocycles. The summed E-state index contributed by atoms with van der Waals surface area (Å²) in [6, 6.07) is 0. The van der Waals surface area contributed by atoms with Gasteiger partial charge in [0.25, 0.3) is 0 Å². The summed E-state index contributed by atoms with van der Waals surface area (Å²) < 4.78 is 4.91. The largest absolute Gasteiger partial charge is 0.393 e. The number of aliphatic hydroxyl groups is 1. The lowest BCUT2D eigenvalue weighted by Crippen LogP contribution is -2.18. The minimum Gasteiger partial charge on any atom is -0.393 e. The zero-order valence-corrected chi connectivity index (χ0v) is 8.06. The smallest absolute Gasteiger partial charge is 0.132 e. The predicted octanol–water partition coefficient (Wildman–Crippen LogP) is 0.912. The van der Waals surface area contributed by atoms with E-state index >= 15 is 0 Å². The van der Waals surface area contributed by atoms with Gasteiger partial charge in [-0.1, -0.05) is 0 Å². The molecule has 66 valence electrons. The summed E-state index contributed by atoms with van der Waals surface area (Å²) in [5.41, 5.74) is 0. The van der Waals surface area contributed by atoms with Gasteiger partial charge >= 0.3 is 0 Å². The van der Waals surface area contributed by atoms with Gasteiger partial charge in [0.1, 0.15) is 5.78 Å². The molecule has 0 spiro atoms. The molecule has 0 aromatic heterocycles. The molecular formula is C7H15O3P. The molecule has 0 aliphatic rings. The van der Waals surface area contributed by atoms with Gasteiger partial charge in [-0.15, -0.1) is 0 Å². The van der Waals surface area contributed by atoms with Crippen LogP contribution in [0.5, 0.6) is 0 Å². The lowest BCUT2D eigenvalue weighted by Gasteiger charge is -2.14. The molecule has 0 saturated carbocycles. The van der Waals surface area contributed by atoms with Crippen molar-refractivity contribution >= 4 is 15.2 Å². The van der Waals surface area contributed by atoms with E-state index < -0.39 is 6.10 Å². The molecule has 0 aliphatic heterocycles. The maximum absolute atomic E-state index is 10.6. The summed E-state index contributed by atoms with van der Waals surface area (Å²) >= 11 is 0. The van der Waals surface area contributed by atoms with Crippen LogP contribution in [0.25, 0.3) is 0 Å². The molecule has 1 N–H and O–H groups in total. The van der Waals surface area contributed by atoms with Gasteiger partial charge in [0.2, 0.25) is 0 Å². The number of rotatable bonds is 5. The molecule has 3 nitrogen and oxygen atoms in total. The fraction of sp³-hybridized carbons (Fsp3) is 0.857. The van der Waals surface area contributed by atoms with E-state index in [0.717, 1.165) is 0 Å². The van der Waals surface area contributed by atoms with Crippen LogP contribution < -0.4 is 0 Å². The second-order valence-electron chi connectivity index (χ2n) is 2.75. The first-order valence-corrected chi connectivity index (χ1v) is 4.06. The van der Waals surface area contributed by atoms with Gasteiger partial charge in [0.15, 0.2) is 0 Å². The van der Waals surface area contributed by atoms with Crippen LogP contribution in [0.4, 0.5) is 0 Å². The van der Waals surface area contributed by atoms with E-state index in [1.165, 1.54) is 6.92 Å². The van der Waals surface area contributed by atoms with Crippen LogP contribution in [0.15, 0.2) is 0 Å². The van der Waals surface area contributed by atoms with E-state index in [1.54, 1.807) is 6.92 Å². The quantitative estimate of drug-likeness (QED) is 0.636. The summed E-state index contributed by atoms with van der Waals surface area (Å²) in [6.45, 7) is 3.19. The molecule has 0 heterocycles. The number of carbonyl (C=O) groups is 1. The topological polar surface area (TPSA) is 46.5 Å². The van der Waals surface area contributed by atoms with Crippen LogP contribution >= 0.6 is 9.47 Å². The SMILES string of the molecule is CC(=O)C[C@@H](C[C@H](C)O)OP. The molecule has 0 radical (unpaired) electrons. The van der Waals surface area contributed by atoms with Crippen molar-refractivity contribution in [2.24, 2.45) is 0 Å². The first kappa shape index (κ1) is 11.0. The summed E-state index contributed by atoms with van der Waals surface area (Å²) in [6.07, 6.45) is 0.287. The molecule has 0 fully saturated rings. The predicted molar refractivity (Wildman–Crippen MR) is 46.2 cm³/mol. The Hall–Kier alpha value is 0.0200. The van der Waals surface area contributed by atoms with Crippen molar-refractivity contribution in [2.45, 2.75) is 38.9 Å². The highest BCUT2D eigenvalue weighted by Gasteiger charge is 2.12. The fourth-order valence-corrected chi connectivity index (χ4v) is 1.10. The molecule has 1 unspecified atom stereocenters. The lowest BCUT2D eigenvalue weighted by atomic mass is 10.1. The van der Waals surface area contributed by atoms with Crippen molar-refractivity contribution in [1.29, 1.82) is 0 Å². The van der Waals surface area contributed by atoms with Crippen LogP contribution in [0, 0.1) is 0 Å². The Morgan fingerprint density at radius 1 is 1.73 bits per heavy atom. The zero-order chi connectivity index (χ0) is 8.85. The number of carbonyl (C=O) groups excluding carboxylic acids is 1. The summed E-state index contributed by atoms with van der Waals surface area (Å²) in [7, 11) is 2.11. The molecule has 0 aromatic carbocycles. The average molecular weight is 178 g/mol. The van der Waals surface area contributed by atoms with Gasteiger partial charge < -0.3 is 9.63 Å². The Kier molecular flexibility index (Phi) is 5.65. The second kappa shape index (κ2) is 5.64. The highest BCUT2D eigenvalue weighted by atomic mass is 31.0. The van der Waals surface area contributed by atoms with E-state index in [4.69, 9.17) is 9.63 Å². The van der Waals surface area contributed by atoms with Gasteiger partial charge in [0, 0.05) is 15.9 Å². The van der Waals surface area contributed by atoms with Crippen molar-refractivity contribution in [3.63, 3.8) is 0 Å². The standard InChI is InChI=1S/C7H15O3P/c1-5(8)3-7(10-11)4-6(2)9/h5,7-8H,3-4,11H2,1-2H3/t5-,7+/m0/s1. The van der Waals surface area contributed by atoms with Gasteiger partial charge in [-0.2, -0.15) is 0 Å². The van der Waals surface area contributed by atoms with E-state index in [9.17, 15) is 4.79 Å². The summed E-state index contributed by atoms with van der Waals surface area (Å²) in [4.78, 5) is 10.6. The third-order valence-corrected chi connectivity index (χ3v) is 1.70. The number of aliphatic hydroxyl groups excluding tert-OH is 1. The van der Waals surface area contributed by atoms with Crippen molar-refractivity contribution in [3.8, 4) is 0 Å². The van der Waals surface area contributed by atoms with E-state index in [0.29, 0.717) is 12.8 Å². The third-order valence-electron chi connectivity index (χ3n) is 1.31. The molecule has 4 heteroatoms. The molecule has 0 amide bonds. The van der Waals surface area contributed by atoms with Gasteiger partial charge in [-0.25, -0.2) is 0 Å². The maximum atomic E-state index is 10.6. The molecule has 11 heavy (non-hydrogen) atoms. The molecule has 3 atom stereocenters. The minimum atomic E-state index is -0.417. The van der Waals surface area contributed by atoms with Gasteiger partial charge in [-0.05, 0) is 20.3 Å². The molecular weight excluding hydrogens is 163 g/mol. The Morgan fingerprint density at radius 3 is 2.55 bits per heavy atom. The fourth-order valence-electron chi connectivity index (χ4n) is 0.888. The summed E-state index contributed by atoms with van der Waals surface area (Å²) in [5, 5.41) is 8.97. The Bertz CT molecular complexity index is 125. The van der Waals surface area contributed by atoms with Crippen LogP contribution in [-0.2, 0) is 9.32 Å². The second-order valence-corrected chi connectivity index (χ2v) is 3.02. The lowest BCUT2D eigenvalue weighted by molar-refractivity contribution is -0.118. The summed E-state index contributed by atoms with van der Waals surface area (Å²) in [5.74, 6) is 0.0816.